The lowest BCUT2D eigenvalue weighted by atomic mass is 9.98. The number of thiazole rings is 1. The second-order valence-corrected chi connectivity index (χ2v) is 9.72. The molecule has 3 heterocycles. The van der Waals surface area contributed by atoms with Crippen LogP contribution in [0.1, 0.15) is 65.5 Å². The number of hydrogen-bond donors (Lipinski definition) is 0. The van der Waals surface area contributed by atoms with Gasteiger partial charge in [0, 0.05) is 24.9 Å². The topological polar surface area (TPSA) is 89.0 Å². The third-order valence-electron chi connectivity index (χ3n) is 5.21. The van der Waals surface area contributed by atoms with Crippen LogP contribution in [0.2, 0.25) is 0 Å². The van der Waals surface area contributed by atoms with Crippen LogP contribution in [-0.2, 0) is 25.5 Å². The van der Waals surface area contributed by atoms with E-state index in [4.69, 9.17) is 9.47 Å². The van der Waals surface area contributed by atoms with Crippen molar-refractivity contribution in [1.82, 2.24) is 9.88 Å². The molecule has 0 spiro atoms. The number of piperidine rings is 1. The van der Waals surface area contributed by atoms with Crippen LogP contribution >= 0.6 is 11.3 Å². The van der Waals surface area contributed by atoms with E-state index in [1.165, 1.54) is 11.3 Å². The first kappa shape index (κ1) is 22.5. The van der Waals surface area contributed by atoms with Crippen molar-refractivity contribution in [3.05, 3.63) is 11.1 Å². The zero-order valence-electron chi connectivity index (χ0n) is 18.2. The predicted molar refractivity (Wildman–Crippen MR) is 114 cm³/mol. The van der Waals surface area contributed by atoms with Crippen LogP contribution in [0.15, 0.2) is 5.38 Å². The molecular weight excluding hydrogens is 406 g/mol. The highest BCUT2D eigenvalue weighted by Gasteiger charge is 2.35. The maximum Gasteiger partial charge on any atom is 0.410 e. The van der Waals surface area contributed by atoms with E-state index in [9.17, 15) is 14.4 Å². The largest absolute Gasteiger partial charge is 0.460 e. The average Bonchev–Trinajstić information content (AvgIpc) is 3.28. The highest BCUT2D eigenvalue weighted by molar-refractivity contribution is 7.14. The van der Waals surface area contributed by atoms with Gasteiger partial charge in [-0.2, -0.15) is 0 Å². The third kappa shape index (κ3) is 5.71. The molecule has 0 N–H and O–H groups in total. The van der Waals surface area contributed by atoms with Crippen LogP contribution in [-0.4, -0.2) is 58.7 Å². The number of carbonyl (C=O) groups is 3. The Balaban J connectivity index is 1.57. The summed E-state index contributed by atoms with van der Waals surface area (Å²) in [6, 6.07) is -0.203. The first-order valence-electron chi connectivity index (χ1n) is 10.6. The zero-order chi connectivity index (χ0) is 21.9. The fourth-order valence-corrected chi connectivity index (χ4v) is 4.69. The van der Waals surface area contributed by atoms with Crippen LogP contribution in [0.25, 0.3) is 0 Å². The minimum atomic E-state index is -0.571. The summed E-state index contributed by atoms with van der Waals surface area (Å²) < 4.78 is 11.2. The summed E-state index contributed by atoms with van der Waals surface area (Å²) in [7, 11) is 0. The lowest BCUT2D eigenvalue weighted by Gasteiger charge is -2.39. The molecule has 2 aliphatic rings. The van der Waals surface area contributed by atoms with E-state index in [1.54, 1.807) is 15.2 Å². The number of nitrogens with zero attached hydrogens (tertiary/aromatic N) is 3. The Hall–Kier alpha value is -2.16. The monoisotopic (exact) mass is 437 g/mol. The molecule has 0 bridgehead atoms. The van der Waals surface area contributed by atoms with Gasteiger partial charge in [-0.25, -0.2) is 9.78 Å². The number of hydrogen-bond acceptors (Lipinski definition) is 7. The van der Waals surface area contributed by atoms with Crippen LogP contribution in [0, 0.1) is 0 Å². The number of ether oxygens (including phenoxy) is 2. The van der Waals surface area contributed by atoms with Gasteiger partial charge < -0.3 is 14.4 Å². The summed E-state index contributed by atoms with van der Waals surface area (Å²) in [5, 5.41) is 2.43. The third-order valence-corrected chi connectivity index (χ3v) is 6.12. The van der Waals surface area contributed by atoms with Crippen molar-refractivity contribution in [3.8, 4) is 0 Å². The Bertz CT molecular complexity index is 788. The first-order valence-corrected chi connectivity index (χ1v) is 11.5. The van der Waals surface area contributed by atoms with Crippen LogP contribution in [0.3, 0.4) is 0 Å². The Morgan fingerprint density at radius 2 is 2.03 bits per heavy atom. The molecule has 9 heteroatoms. The van der Waals surface area contributed by atoms with Gasteiger partial charge in [0.15, 0.2) is 5.13 Å². The molecule has 2 aliphatic heterocycles. The molecule has 0 aliphatic carbocycles. The quantitative estimate of drug-likeness (QED) is 0.655. The van der Waals surface area contributed by atoms with Crippen molar-refractivity contribution in [2.45, 2.75) is 84.0 Å². The van der Waals surface area contributed by atoms with Gasteiger partial charge in [0.25, 0.3) is 0 Å². The highest BCUT2D eigenvalue weighted by Crippen LogP contribution is 2.27. The van der Waals surface area contributed by atoms with Gasteiger partial charge in [0.2, 0.25) is 5.91 Å². The summed E-state index contributed by atoms with van der Waals surface area (Å²) in [5.74, 6) is -0.312. The maximum atomic E-state index is 12.6. The normalized spacial score (nSPS) is 20.9. The first-order chi connectivity index (χ1) is 14.1. The fraction of sp³-hybridized carbons (Fsp3) is 0.714. The standard InChI is InChI=1S/C21H31N3O5S/c1-14(16-8-5-6-10-23(16)20(27)29-21(2,3)4)28-18(26)12-15-13-30-19(22-15)24-11-7-9-17(24)25/h13-14,16H,5-12H2,1-4H3/t14-,16+/m0/s1. The lowest BCUT2D eigenvalue weighted by Crippen LogP contribution is -2.51. The van der Waals surface area contributed by atoms with Gasteiger partial charge in [-0.3, -0.25) is 14.5 Å². The van der Waals surface area contributed by atoms with Gasteiger partial charge in [0.1, 0.15) is 11.7 Å². The molecule has 0 unspecified atom stereocenters. The molecule has 2 fully saturated rings. The second-order valence-electron chi connectivity index (χ2n) is 8.88. The number of esters is 1. The molecule has 0 saturated carbocycles. The van der Waals surface area contributed by atoms with E-state index in [-0.39, 0.29) is 30.4 Å². The maximum absolute atomic E-state index is 12.6. The SMILES string of the molecule is C[C@H](OC(=O)Cc1csc(N2CCCC2=O)n1)[C@H]1CCCCN1C(=O)OC(C)(C)C. The Kier molecular flexibility index (Phi) is 7.00. The van der Waals surface area contributed by atoms with Crippen LogP contribution < -0.4 is 4.90 Å². The summed E-state index contributed by atoms with van der Waals surface area (Å²) in [6.45, 7) is 8.61. The van der Waals surface area contributed by atoms with Gasteiger partial charge in [-0.15, -0.1) is 11.3 Å². The van der Waals surface area contributed by atoms with Crippen LogP contribution in [0.4, 0.5) is 9.93 Å². The number of anilines is 1. The Morgan fingerprint density at radius 1 is 1.27 bits per heavy atom. The predicted octanol–water partition coefficient (Wildman–Crippen LogP) is 3.53. The Morgan fingerprint density at radius 3 is 2.70 bits per heavy atom. The van der Waals surface area contributed by atoms with E-state index in [0.29, 0.717) is 30.3 Å². The minimum Gasteiger partial charge on any atom is -0.460 e. The molecule has 166 valence electrons. The number of aromatic nitrogens is 1. The summed E-state index contributed by atoms with van der Waals surface area (Å²) in [4.78, 5) is 44.7. The molecule has 0 aromatic carbocycles. The number of rotatable bonds is 5. The molecule has 30 heavy (non-hydrogen) atoms. The van der Waals surface area contributed by atoms with Crippen molar-refractivity contribution < 1.29 is 23.9 Å². The van der Waals surface area contributed by atoms with Gasteiger partial charge >= 0.3 is 12.1 Å². The van der Waals surface area contributed by atoms with E-state index in [1.807, 2.05) is 27.7 Å². The fourth-order valence-electron chi connectivity index (χ4n) is 3.82. The van der Waals surface area contributed by atoms with Gasteiger partial charge in [-0.05, 0) is 53.4 Å². The average molecular weight is 438 g/mol. The molecule has 2 atom stereocenters. The molecular formula is C21H31N3O5S. The molecule has 8 nitrogen and oxygen atoms in total. The van der Waals surface area contributed by atoms with Crippen LogP contribution in [0.5, 0.6) is 0 Å². The van der Waals surface area contributed by atoms with Crippen molar-refractivity contribution in [2.75, 3.05) is 18.0 Å². The van der Waals surface area contributed by atoms with Gasteiger partial charge in [0.05, 0.1) is 18.2 Å². The smallest absolute Gasteiger partial charge is 0.410 e. The summed E-state index contributed by atoms with van der Waals surface area (Å²) >= 11 is 1.37. The van der Waals surface area contributed by atoms with Crippen molar-refractivity contribution >= 4 is 34.4 Å². The van der Waals surface area contributed by atoms with Gasteiger partial charge in [-0.1, -0.05) is 0 Å². The van der Waals surface area contributed by atoms with Crippen molar-refractivity contribution in [1.29, 1.82) is 0 Å². The van der Waals surface area contributed by atoms with E-state index >= 15 is 0 Å². The molecule has 1 aromatic heterocycles. The molecule has 2 amide bonds. The number of carbonyl (C=O) groups excluding carboxylic acids is 3. The minimum absolute atomic E-state index is 0.0437. The second kappa shape index (κ2) is 9.32. The molecule has 2 saturated heterocycles. The van der Waals surface area contributed by atoms with E-state index in [0.717, 1.165) is 25.7 Å². The number of amides is 2. The highest BCUT2D eigenvalue weighted by atomic mass is 32.1. The molecule has 3 rings (SSSR count). The zero-order valence-corrected chi connectivity index (χ0v) is 19.0. The van der Waals surface area contributed by atoms with E-state index < -0.39 is 11.7 Å². The molecule has 1 aromatic rings. The summed E-state index contributed by atoms with van der Waals surface area (Å²) in [5.41, 5.74) is 0.0254. The Labute approximate surface area is 181 Å². The van der Waals surface area contributed by atoms with E-state index in [2.05, 4.69) is 4.98 Å². The number of likely N-dealkylation sites (tertiary alicyclic amines) is 1. The van der Waals surface area contributed by atoms with Crippen molar-refractivity contribution in [3.63, 3.8) is 0 Å². The lowest BCUT2D eigenvalue weighted by molar-refractivity contribution is -0.151. The molecule has 0 radical (unpaired) electrons. The van der Waals surface area contributed by atoms with Crippen molar-refractivity contribution in [2.24, 2.45) is 0 Å². The summed E-state index contributed by atoms with van der Waals surface area (Å²) in [6.07, 6.45) is 3.27.